The molecule has 1 rings (SSSR count). The number of rotatable bonds is 5. The number of hydrogen-bond donors (Lipinski definition) is 1. The first-order chi connectivity index (χ1) is 8.77. The molecule has 0 heterocycles. The van der Waals surface area contributed by atoms with E-state index in [2.05, 4.69) is 0 Å². The minimum atomic E-state index is -3.24. The highest BCUT2D eigenvalue weighted by Crippen LogP contribution is 2.22. The van der Waals surface area contributed by atoms with E-state index in [9.17, 15) is 18.3 Å². The van der Waals surface area contributed by atoms with Crippen molar-refractivity contribution in [2.75, 3.05) is 12.9 Å². The number of aliphatic hydroxyl groups excluding tert-OH is 1. The van der Waals surface area contributed by atoms with Crippen molar-refractivity contribution >= 4 is 15.8 Å². The number of aliphatic hydroxyl groups is 1. The molecule has 0 spiro atoms. The average molecular weight is 286 g/mol. The summed E-state index contributed by atoms with van der Waals surface area (Å²) < 4.78 is 27.4. The third kappa shape index (κ3) is 4.04. The zero-order chi connectivity index (χ0) is 14.6. The molecule has 2 unspecified atom stereocenters. The Morgan fingerprint density at radius 3 is 2.26 bits per heavy atom. The lowest BCUT2D eigenvalue weighted by atomic mass is 9.95. The van der Waals surface area contributed by atoms with Crippen LogP contribution in [0.15, 0.2) is 29.2 Å². The Labute approximate surface area is 113 Å². The third-order valence-electron chi connectivity index (χ3n) is 2.84. The van der Waals surface area contributed by atoms with E-state index in [0.29, 0.717) is 5.56 Å². The van der Waals surface area contributed by atoms with E-state index in [4.69, 9.17) is 4.74 Å². The van der Waals surface area contributed by atoms with Gasteiger partial charge in [0.25, 0.3) is 0 Å². The van der Waals surface area contributed by atoms with Gasteiger partial charge in [0.15, 0.2) is 15.9 Å². The molecule has 0 radical (unpaired) electrons. The molecule has 106 valence electrons. The maximum Gasteiger partial charge on any atom is 0.335 e. The first-order valence-corrected chi connectivity index (χ1v) is 7.81. The van der Waals surface area contributed by atoms with Gasteiger partial charge in [0.05, 0.1) is 11.5 Å². The lowest BCUT2D eigenvalue weighted by Crippen LogP contribution is -2.28. The van der Waals surface area contributed by atoms with E-state index in [1.54, 1.807) is 26.0 Å². The van der Waals surface area contributed by atoms with Gasteiger partial charge in [-0.3, -0.25) is 0 Å². The van der Waals surface area contributed by atoms with Crippen LogP contribution in [0, 0.1) is 0 Å². The maximum absolute atomic E-state index is 11.4. The summed E-state index contributed by atoms with van der Waals surface area (Å²) in [4.78, 5) is 11.6. The Kier molecular flexibility index (Phi) is 5.08. The first-order valence-electron chi connectivity index (χ1n) is 5.92. The molecule has 1 aromatic rings. The second-order valence-corrected chi connectivity index (χ2v) is 6.34. The van der Waals surface area contributed by atoms with Crippen molar-refractivity contribution in [3.63, 3.8) is 0 Å². The van der Waals surface area contributed by atoms with Crippen LogP contribution in [0.25, 0.3) is 0 Å². The number of carbonyl (C=O) groups excluding carboxylic acids is 1. The molecule has 5 nitrogen and oxygen atoms in total. The van der Waals surface area contributed by atoms with E-state index in [1.807, 2.05) is 0 Å². The Hall–Kier alpha value is -1.40. The molecule has 1 N–H and O–H groups in total. The van der Waals surface area contributed by atoms with Gasteiger partial charge in [0.2, 0.25) is 0 Å². The Balaban J connectivity index is 2.89. The van der Waals surface area contributed by atoms with Gasteiger partial charge in [0, 0.05) is 12.2 Å². The lowest BCUT2D eigenvalue weighted by Gasteiger charge is -2.17. The number of esters is 1. The summed E-state index contributed by atoms with van der Waals surface area (Å²) >= 11 is 0. The van der Waals surface area contributed by atoms with Crippen LogP contribution in [0.2, 0.25) is 0 Å². The third-order valence-corrected chi connectivity index (χ3v) is 3.96. The molecule has 0 saturated heterocycles. The highest BCUT2D eigenvalue weighted by molar-refractivity contribution is 7.90. The van der Waals surface area contributed by atoms with Crippen molar-refractivity contribution < 1.29 is 23.1 Å². The van der Waals surface area contributed by atoms with Gasteiger partial charge < -0.3 is 9.84 Å². The summed E-state index contributed by atoms with van der Waals surface area (Å²) in [6.45, 7) is 3.54. The molecule has 6 heteroatoms. The van der Waals surface area contributed by atoms with Crippen molar-refractivity contribution in [1.29, 1.82) is 0 Å². The Bertz CT molecular complexity index is 533. The Morgan fingerprint density at radius 1 is 1.32 bits per heavy atom. The number of carbonyl (C=O) groups is 1. The lowest BCUT2D eigenvalue weighted by molar-refractivity contribution is -0.154. The second kappa shape index (κ2) is 6.16. The number of sulfone groups is 1. The van der Waals surface area contributed by atoms with Gasteiger partial charge in [-0.1, -0.05) is 19.1 Å². The van der Waals surface area contributed by atoms with E-state index >= 15 is 0 Å². The fraction of sp³-hybridized carbons (Fsp3) is 0.462. The van der Waals surface area contributed by atoms with Crippen LogP contribution < -0.4 is 0 Å². The summed E-state index contributed by atoms with van der Waals surface area (Å²) in [6.07, 6.45) is -0.136. The van der Waals surface area contributed by atoms with Gasteiger partial charge >= 0.3 is 5.97 Å². The van der Waals surface area contributed by atoms with Crippen molar-refractivity contribution in [2.24, 2.45) is 0 Å². The fourth-order valence-corrected chi connectivity index (χ4v) is 2.26. The molecule has 0 bridgehead atoms. The molecule has 1 aromatic carbocycles. The highest BCUT2D eigenvalue weighted by Gasteiger charge is 2.25. The monoisotopic (exact) mass is 286 g/mol. The topological polar surface area (TPSA) is 80.7 Å². The van der Waals surface area contributed by atoms with Gasteiger partial charge in [-0.25, -0.2) is 13.2 Å². The number of hydrogen-bond acceptors (Lipinski definition) is 5. The van der Waals surface area contributed by atoms with Crippen LogP contribution in [0.1, 0.15) is 25.3 Å². The fourth-order valence-electron chi connectivity index (χ4n) is 1.63. The van der Waals surface area contributed by atoms with Crippen LogP contribution >= 0.6 is 0 Å². The molecule has 0 amide bonds. The molecule has 0 aliphatic rings. The van der Waals surface area contributed by atoms with E-state index in [0.717, 1.165) is 6.26 Å². The van der Waals surface area contributed by atoms with Crippen LogP contribution in [0.5, 0.6) is 0 Å². The standard InChI is InChI=1S/C13H18O5S/c1-4-18-13(15)12(14)9(2)10-5-7-11(8-6-10)19(3,16)17/h5-9,12,14H,4H2,1-3H3. The number of benzene rings is 1. The average Bonchev–Trinajstić information content (AvgIpc) is 2.36. The molecular weight excluding hydrogens is 268 g/mol. The minimum absolute atomic E-state index is 0.203. The summed E-state index contributed by atoms with van der Waals surface area (Å²) in [5, 5.41) is 9.81. The molecule has 2 atom stereocenters. The number of ether oxygens (including phenoxy) is 1. The summed E-state index contributed by atoms with van der Waals surface area (Å²) in [5.41, 5.74) is 0.674. The van der Waals surface area contributed by atoms with Crippen molar-refractivity contribution in [2.45, 2.75) is 30.8 Å². The largest absolute Gasteiger partial charge is 0.464 e. The van der Waals surface area contributed by atoms with E-state index < -0.39 is 27.8 Å². The molecule has 0 aromatic heterocycles. The predicted octanol–water partition coefficient (Wildman–Crippen LogP) is 1.12. The normalized spacial score (nSPS) is 14.7. The summed E-state index contributed by atoms with van der Waals surface area (Å²) in [6, 6.07) is 6.09. The summed E-state index contributed by atoms with van der Waals surface area (Å²) in [7, 11) is -3.24. The molecule has 0 fully saturated rings. The summed E-state index contributed by atoms with van der Waals surface area (Å²) in [5.74, 6) is -1.14. The maximum atomic E-state index is 11.4. The van der Waals surface area contributed by atoms with Crippen LogP contribution in [0.3, 0.4) is 0 Å². The van der Waals surface area contributed by atoms with E-state index in [1.165, 1.54) is 12.1 Å². The van der Waals surface area contributed by atoms with Gasteiger partial charge in [-0.2, -0.15) is 0 Å². The first kappa shape index (κ1) is 15.7. The molecule has 19 heavy (non-hydrogen) atoms. The van der Waals surface area contributed by atoms with Crippen LogP contribution in [-0.2, 0) is 19.4 Å². The molecular formula is C13H18O5S. The van der Waals surface area contributed by atoms with Gasteiger partial charge in [-0.15, -0.1) is 0 Å². The molecule has 0 saturated carbocycles. The Morgan fingerprint density at radius 2 is 1.84 bits per heavy atom. The zero-order valence-corrected chi connectivity index (χ0v) is 12.0. The molecule has 0 aliphatic heterocycles. The van der Waals surface area contributed by atoms with Crippen molar-refractivity contribution in [3.8, 4) is 0 Å². The second-order valence-electron chi connectivity index (χ2n) is 4.33. The van der Waals surface area contributed by atoms with Gasteiger partial charge in [-0.05, 0) is 24.6 Å². The quantitative estimate of drug-likeness (QED) is 0.820. The van der Waals surface area contributed by atoms with Gasteiger partial charge in [0.1, 0.15) is 0 Å². The predicted molar refractivity (Wildman–Crippen MR) is 70.6 cm³/mol. The van der Waals surface area contributed by atoms with Crippen molar-refractivity contribution in [3.05, 3.63) is 29.8 Å². The van der Waals surface area contributed by atoms with Crippen LogP contribution in [-0.4, -0.2) is 38.5 Å². The zero-order valence-electron chi connectivity index (χ0n) is 11.2. The molecule has 0 aliphatic carbocycles. The van der Waals surface area contributed by atoms with Crippen molar-refractivity contribution in [1.82, 2.24) is 0 Å². The highest BCUT2D eigenvalue weighted by atomic mass is 32.2. The van der Waals surface area contributed by atoms with Crippen LogP contribution in [0.4, 0.5) is 0 Å². The minimum Gasteiger partial charge on any atom is -0.464 e. The van der Waals surface area contributed by atoms with E-state index in [-0.39, 0.29) is 11.5 Å². The smallest absolute Gasteiger partial charge is 0.335 e. The SMILES string of the molecule is CCOC(=O)C(O)C(C)c1ccc(S(C)(=O)=O)cc1.